The number of benzene rings is 3. The lowest BCUT2D eigenvalue weighted by Gasteiger charge is -2.48. The lowest BCUT2D eigenvalue weighted by atomic mass is 9.86. The van der Waals surface area contributed by atoms with Crippen LogP contribution in [0.2, 0.25) is 0 Å². The van der Waals surface area contributed by atoms with Crippen molar-refractivity contribution in [2.45, 2.75) is 320 Å². The van der Waals surface area contributed by atoms with Crippen LogP contribution < -0.4 is 0 Å². The molecule has 0 saturated carbocycles. The van der Waals surface area contributed by atoms with Gasteiger partial charge in [-0.2, -0.15) is 79.0 Å². The van der Waals surface area contributed by atoms with Gasteiger partial charge in [0.15, 0.2) is 0 Å². The number of aliphatic hydroxyl groups is 2. The number of aldehydes is 1. The molecule has 11 atom stereocenters. The number of amides is 6. The highest BCUT2D eigenvalue weighted by atomic mass is 19.4. The predicted octanol–water partition coefficient (Wildman–Crippen LogP) is 20.3. The summed E-state index contributed by atoms with van der Waals surface area (Å²) in [6.45, 7) is 22.2. The van der Waals surface area contributed by atoms with Crippen LogP contribution in [0.5, 0.6) is 0 Å². The quantitative estimate of drug-likeness (QED) is 0.0520. The van der Waals surface area contributed by atoms with E-state index < -0.39 is 227 Å². The maximum absolute atomic E-state index is 13.4. The molecule has 40 heteroatoms. The van der Waals surface area contributed by atoms with Crippen LogP contribution in [0.25, 0.3) is 0 Å². The summed E-state index contributed by atoms with van der Waals surface area (Å²) in [4.78, 5) is 96.5. The van der Waals surface area contributed by atoms with E-state index in [0.29, 0.717) is 61.9 Å². The number of rotatable bonds is 18. The molecule has 0 aliphatic carbocycles. The first kappa shape index (κ1) is 110. The minimum atomic E-state index is -5.06. The van der Waals surface area contributed by atoms with E-state index in [2.05, 4.69) is 24.2 Å². The Morgan fingerprint density at radius 2 is 0.635 bits per heavy atom. The number of carbonyl (C=O) groups is 7. The number of nitrogens with zero attached hydrogens (tertiary/aromatic N) is 6. The molecule has 4 aliphatic rings. The third-order valence-corrected chi connectivity index (χ3v) is 20.0. The first-order valence-electron chi connectivity index (χ1n) is 40.0. The number of halogens is 18. The monoisotopic (exact) mass is 1830 g/mol. The second-order valence-electron chi connectivity index (χ2n) is 33.1. The number of terminal acetylenes is 3. The van der Waals surface area contributed by atoms with Gasteiger partial charge in [-0.05, 0) is 211 Å². The summed E-state index contributed by atoms with van der Waals surface area (Å²) in [6, 6.07) is -2.82. The molecule has 7 rings (SSSR count). The summed E-state index contributed by atoms with van der Waals surface area (Å²) < 4.78 is 277. The zero-order valence-electron chi connectivity index (χ0n) is 72.9. The van der Waals surface area contributed by atoms with Crippen molar-refractivity contribution in [3.8, 4) is 37.0 Å². The summed E-state index contributed by atoms with van der Waals surface area (Å²) >= 11 is 0. The third-order valence-electron chi connectivity index (χ3n) is 20.0. The van der Waals surface area contributed by atoms with Gasteiger partial charge in [-0.3, -0.25) is 0 Å². The van der Waals surface area contributed by atoms with Crippen molar-refractivity contribution in [1.82, 2.24) is 29.4 Å². The number of carbonyl (C=O) groups excluding carboxylic acids is 7. The Hall–Kier alpha value is -9.75. The number of piperidine rings is 3. The number of alkyl halides is 18. The lowest BCUT2D eigenvalue weighted by molar-refractivity contribution is -0.144. The van der Waals surface area contributed by atoms with Gasteiger partial charge in [0, 0.05) is 106 Å². The van der Waals surface area contributed by atoms with Crippen LogP contribution in [-0.2, 0) is 94.6 Å². The molecule has 0 spiro atoms. The number of methoxy groups -OCH3 is 3. The molecule has 0 unspecified atom stereocenters. The summed E-state index contributed by atoms with van der Waals surface area (Å²) in [6.07, 6.45) is -18.1. The molecule has 4 saturated heterocycles. The largest absolute Gasteiger partial charge is 0.453 e. The standard InChI is InChI=1S/2C27H34F6N2O5.C25H32F6N2O5.C4H8O.C3H4/c2*1-7-19-12-20(13-21(14-22(36)8-2)35(19)24(38)40-25(3,4)5)34(23(37)39-6)15-16-9-17(26(28,29)30)11-18(10-16)27(31,32)33;1-6-18-12-20(13-19(7-8-34)33(18)22(36)38-23(2,3)4)32(21(35)37-5)14-15-9-16(24(26,27)28)11-17(10-15)25(29,30)31;1-2-4-5-3-1;1-3-2/h2*2,9-11,19-22,36H,7,12-15H2,1,3-6H3;8-11,18-20H,6-7,12-14H2,1-5H3;1-4H2;1H,2H3/t19-,20+,21-,22+;19-,20+,21-,22-;18-,19+,20+;;/m111../s1. The molecule has 4 aliphatic heterocycles. The number of ether oxygens (including phenoxy) is 7. The maximum Gasteiger partial charge on any atom is 0.416 e. The third kappa shape index (κ3) is 34.8. The molecule has 0 bridgehead atoms. The van der Waals surface area contributed by atoms with Gasteiger partial charge < -0.3 is 77.6 Å². The molecular weight excluding hydrogens is 1710 g/mol. The fourth-order valence-corrected chi connectivity index (χ4v) is 14.6. The SMILES string of the molecule is C#CC.C#C[C@@H](O)C[C@H]1C[C@@H](N(Cc2cc(C(F)(F)F)cc(C(F)(F)F)c2)C(=O)OC)C[C@@H](CC)N1C(=O)OC(C)(C)C.C#C[C@H](O)C[C@H]1C[C@@H](N(Cc2cc(C(F)(F)F)cc(C(F)(F)F)c2)C(=O)OC)C[C@@H](CC)N1C(=O)OC(C)(C)C.C1CCOC1.CC[C@@H]1C[C@H](N(Cc2cc(C(F)(F)F)cc(C(F)(F)F)c2)C(=O)OC)C[C@H](CC=O)N1C(=O)OC(C)(C)C. The van der Waals surface area contributed by atoms with Crippen molar-refractivity contribution < 1.29 is 156 Å². The van der Waals surface area contributed by atoms with E-state index in [1.807, 2.05) is 0 Å². The molecule has 22 nitrogen and oxygen atoms in total. The van der Waals surface area contributed by atoms with Crippen molar-refractivity contribution in [1.29, 1.82) is 0 Å². The van der Waals surface area contributed by atoms with Crippen LogP contribution in [-0.4, -0.2) is 200 Å². The predicted molar refractivity (Wildman–Crippen MR) is 424 cm³/mol. The van der Waals surface area contributed by atoms with Crippen molar-refractivity contribution in [2.75, 3.05) is 34.5 Å². The highest BCUT2D eigenvalue weighted by Gasteiger charge is 2.49. The van der Waals surface area contributed by atoms with Gasteiger partial charge in [-0.25, -0.2) is 28.8 Å². The van der Waals surface area contributed by atoms with Crippen LogP contribution >= 0.6 is 0 Å². The molecule has 4 heterocycles. The van der Waals surface area contributed by atoms with Crippen LogP contribution in [0.3, 0.4) is 0 Å². The first-order chi connectivity index (χ1) is 57.9. The summed E-state index contributed by atoms with van der Waals surface area (Å²) in [5.74, 6) is 6.59. The van der Waals surface area contributed by atoms with Gasteiger partial charge in [-0.1, -0.05) is 32.6 Å². The second kappa shape index (κ2) is 46.8. The van der Waals surface area contributed by atoms with Gasteiger partial charge in [0.25, 0.3) is 0 Å². The zero-order chi connectivity index (χ0) is 96.6. The second-order valence-corrected chi connectivity index (χ2v) is 33.1. The minimum absolute atomic E-state index is 0.00860. The maximum atomic E-state index is 13.4. The Balaban J connectivity index is 0.000000465. The van der Waals surface area contributed by atoms with Gasteiger partial charge in [0.1, 0.15) is 35.3 Å². The molecular formula is C86H112F18N6O16. The molecule has 0 radical (unpaired) electrons. The molecule has 126 heavy (non-hydrogen) atoms. The Bertz CT molecular complexity index is 3910. The van der Waals surface area contributed by atoms with Crippen LogP contribution in [0.1, 0.15) is 230 Å². The Morgan fingerprint density at radius 3 is 0.810 bits per heavy atom. The van der Waals surface area contributed by atoms with Crippen molar-refractivity contribution in [2.24, 2.45) is 0 Å². The van der Waals surface area contributed by atoms with E-state index >= 15 is 0 Å². The summed E-state index contributed by atoms with van der Waals surface area (Å²) in [5, 5.41) is 20.4. The van der Waals surface area contributed by atoms with Crippen molar-refractivity contribution >= 4 is 42.8 Å². The highest BCUT2D eigenvalue weighted by Crippen LogP contribution is 2.44. The van der Waals surface area contributed by atoms with E-state index in [9.17, 15) is 123 Å². The molecule has 0 aromatic heterocycles. The van der Waals surface area contributed by atoms with E-state index in [1.54, 1.807) is 90.0 Å². The van der Waals surface area contributed by atoms with Crippen LogP contribution in [0.4, 0.5) is 108 Å². The van der Waals surface area contributed by atoms with Gasteiger partial charge in [0.2, 0.25) is 0 Å². The smallest absolute Gasteiger partial charge is 0.416 e. The van der Waals surface area contributed by atoms with E-state index in [4.69, 9.17) is 46.0 Å². The Morgan fingerprint density at radius 1 is 0.421 bits per heavy atom. The van der Waals surface area contributed by atoms with Gasteiger partial charge in [0.05, 0.1) is 54.7 Å². The average molecular weight is 1830 g/mol. The number of aliphatic hydroxyl groups excluding tert-OH is 2. The number of hydrogen-bond donors (Lipinski definition) is 2. The van der Waals surface area contributed by atoms with Crippen LogP contribution in [0.15, 0.2) is 54.6 Å². The summed E-state index contributed by atoms with van der Waals surface area (Å²) in [7, 11) is 3.11. The highest BCUT2D eigenvalue weighted by molar-refractivity contribution is 5.73. The normalized spacial score (nSPS) is 20.5. The average Bonchev–Trinajstić information content (AvgIpc) is 0.840. The van der Waals surface area contributed by atoms with Crippen molar-refractivity contribution in [3.63, 3.8) is 0 Å². The Kier molecular flexibility index (Phi) is 41.0. The number of hydrogen-bond acceptors (Lipinski definition) is 16. The zero-order valence-corrected chi connectivity index (χ0v) is 72.9. The van der Waals surface area contributed by atoms with Gasteiger partial charge in [-0.15, -0.1) is 25.2 Å². The fraction of sp³-hybridized carbons (Fsp3) is 0.640. The molecule has 708 valence electrons. The number of likely N-dealkylation sites (tertiary alicyclic amines) is 3. The molecule has 4 fully saturated rings. The fourth-order valence-electron chi connectivity index (χ4n) is 14.6. The van der Waals surface area contributed by atoms with E-state index in [-0.39, 0.29) is 76.0 Å². The first-order valence-corrected chi connectivity index (χ1v) is 40.0. The van der Waals surface area contributed by atoms with Gasteiger partial charge >= 0.3 is 73.6 Å². The molecule has 6 amide bonds. The van der Waals surface area contributed by atoms with Crippen LogP contribution in [0, 0.1) is 37.0 Å². The van der Waals surface area contributed by atoms with E-state index in [1.165, 1.54) is 27.5 Å². The Labute approximate surface area is 721 Å². The lowest BCUT2D eigenvalue weighted by Crippen LogP contribution is -2.58. The topological polar surface area (TPSA) is 244 Å². The molecule has 3 aromatic carbocycles. The van der Waals surface area contributed by atoms with E-state index in [0.717, 1.165) is 49.2 Å². The molecule has 2 N–H and O–H groups in total. The molecule has 3 aromatic rings. The minimum Gasteiger partial charge on any atom is -0.453 e. The van der Waals surface area contributed by atoms with Crippen molar-refractivity contribution in [3.05, 3.63) is 105 Å². The summed E-state index contributed by atoms with van der Waals surface area (Å²) in [5.41, 5.74) is -12.8.